The maximum absolute atomic E-state index is 14.4. The molecule has 2 aliphatic rings. The minimum Gasteiger partial charge on any atom is -0.493 e. The van der Waals surface area contributed by atoms with E-state index in [4.69, 9.17) is 21.1 Å². The van der Waals surface area contributed by atoms with E-state index in [-0.39, 0.29) is 22.5 Å². The number of carbonyl (C=O) groups excluding carboxylic acids is 1. The first-order valence-electron chi connectivity index (χ1n) is 10.2. The molecular weight excluding hydrogens is 437 g/mol. The second-order valence-electron chi connectivity index (χ2n) is 7.97. The fourth-order valence-electron chi connectivity index (χ4n) is 4.37. The Hall–Kier alpha value is -3.17. The minimum absolute atomic E-state index is 0.00444. The first-order valence-corrected chi connectivity index (χ1v) is 10.5. The molecule has 2 saturated heterocycles. The molecule has 8 nitrogen and oxygen atoms in total. The van der Waals surface area contributed by atoms with Crippen molar-refractivity contribution in [2.24, 2.45) is 0 Å². The van der Waals surface area contributed by atoms with Crippen molar-refractivity contribution in [2.75, 3.05) is 32.6 Å². The van der Waals surface area contributed by atoms with E-state index in [9.17, 15) is 9.18 Å². The number of hydrogen-bond acceptors (Lipinski definition) is 7. The molecule has 0 radical (unpaired) electrons. The van der Waals surface area contributed by atoms with Crippen LogP contribution in [0.3, 0.4) is 0 Å². The van der Waals surface area contributed by atoms with Crippen molar-refractivity contribution in [1.29, 1.82) is 0 Å². The van der Waals surface area contributed by atoms with Crippen LogP contribution >= 0.6 is 11.6 Å². The van der Waals surface area contributed by atoms with Gasteiger partial charge < -0.3 is 19.7 Å². The highest BCUT2D eigenvalue weighted by atomic mass is 35.5. The molecule has 0 spiro atoms. The van der Waals surface area contributed by atoms with Gasteiger partial charge in [-0.1, -0.05) is 17.7 Å². The van der Waals surface area contributed by atoms with Crippen LogP contribution in [-0.4, -0.2) is 65.2 Å². The maximum atomic E-state index is 14.4. The molecule has 2 fully saturated rings. The number of methoxy groups -OCH3 is 1. The van der Waals surface area contributed by atoms with Gasteiger partial charge in [-0.05, 0) is 31.7 Å². The molecule has 1 N–H and O–H groups in total. The van der Waals surface area contributed by atoms with Crippen LogP contribution in [0, 0.1) is 5.82 Å². The number of piperazine rings is 1. The molecule has 3 aromatic rings. The van der Waals surface area contributed by atoms with Gasteiger partial charge in [-0.25, -0.2) is 19.2 Å². The Morgan fingerprint density at radius 2 is 2.06 bits per heavy atom. The van der Waals surface area contributed by atoms with Gasteiger partial charge >= 0.3 is 6.09 Å². The normalized spacial score (nSPS) is 20.1. The monoisotopic (exact) mass is 457 g/mol. The average Bonchev–Trinajstić information content (AvgIpc) is 3.36. The molecule has 3 heterocycles. The average molecular weight is 458 g/mol. The van der Waals surface area contributed by atoms with Crippen LogP contribution in [0.2, 0.25) is 5.02 Å². The highest BCUT2D eigenvalue weighted by Gasteiger charge is 2.44. The van der Waals surface area contributed by atoms with E-state index in [1.54, 1.807) is 29.2 Å². The van der Waals surface area contributed by atoms with Crippen LogP contribution < -0.4 is 14.8 Å². The molecule has 1 amide bonds. The van der Waals surface area contributed by atoms with Crippen molar-refractivity contribution in [2.45, 2.75) is 18.5 Å². The van der Waals surface area contributed by atoms with Crippen LogP contribution in [0.1, 0.15) is 6.42 Å². The lowest BCUT2D eigenvalue weighted by molar-refractivity contribution is 0.117. The number of likely N-dealkylation sites (N-methyl/N-ethyl adjacent to an activating group) is 1. The summed E-state index contributed by atoms with van der Waals surface area (Å²) in [4.78, 5) is 25.4. The van der Waals surface area contributed by atoms with Crippen LogP contribution in [0.5, 0.6) is 11.5 Å². The lowest BCUT2D eigenvalue weighted by Crippen LogP contribution is -2.48. The number of carbonyl (C=O) groups is 1. The number of ether oxygens (including phenoxy) is 2. The summed E-state index contributed by atoms with van der Waals surface area (Å²) in [5.74, 6) is 0.365. The van der Waals surface area contributed by atoms with E-state index < -0.39 is 11.9 Å². The van der Waals surface area contributed by atoms with Crippen molar-refractivity contribution < 1.29 is 18.7 Å². The standard InChI is InChI=1S/C22H21ClFN5O3/c1-28-9-13-6-12(28)10-29(13)22(30)32-19-7-14-17(8-18(19)31-2)25-11-26-21(14)27-16-5-3-4-15(23)20(16)24/h3-5,7-8,11-13H,6,9-10H2,1-2H3,(H,25,26,27)/t12-,13-/m0/s1. The Bertz CT molecular complexity index is 1210. The Balaban J connectivity index is 1.47. The van der Waals surface area contributed by atoms with Gasteiger partial charge in [0.15, 0.2) is 17.3 Å². The molecule has 0 aliphatic carbocycles. The quantitative estimate of drug-likeness (QED) is 0.632. The van der Waals surface area contributed by atoms with E-state index in [0.717, 1.165) is 13.0 Å². The Kier molecular flexibility index (Phi) is 5.22. The first-order chi connectivity index (χ1) is 15.4. The zero-order chi connectivity index (χ0) is 22.4. The maximum Gasteiger partial charge on any atom is 0.415 e. The number of likely N-dealkylation sites (tertiary alicyclic amines) is 2. The Morgan fingerprint density at radius 1 is 1.22 bits per heavy atom. The number of aromatic nitrogens is 2. The summed E-state index contributed by atoms with van der Waals surface area (Å²) >= 11 is 5.89. The van der Waals surface area contributed by atoms with Crippen molar-refractivity contribution >= 4 is 40.1 Å². The summed E-state index contributed by atoms with van der Waals surface area (Å²) in [6.07, 6.45) is 1.89. The summed E-state index contributed by atoms with van der Waals surface area (Å²) in [5.41, 5.74) is 0.715. The topological polar surface area (TPSA) is 79.8 Å². The van der Waals surface area contributed by atoms with Gasteiger partial charge in [0.2, 0.25) is 0 Å². The molecule has 5 rings (SSSR count). The third-order valence-corrected chi connectivity index (χ3v) is 6.36. The molecule has 10 heteroatoms. The van der Waals surface area contributed by atoms with Crippen molar-refractivity contribution in [3.05, 3.63) is 47.5 Å². The number of anilines is 2. The summed E-state index contributed by atoms with van der Waals surface area (Å²) in [6.45, 7) is 1.47. The smallest absolute Gasteiger partial charge is 0.415 e. The molecule has 2 bridgehead atoms. The first kappa shape index (κ1) is 20.7. The van der Waals surface area contributed by atoms with Crippen LogP contribution in [0.4, 0.5) is 20.7 Å². The summed E-state index contributed by atoms with van der Waals surface area (Å²) < 4.78 is 25.6. The fourth-order valence-corrected chi connectivity index (χ4v) is 4.55. The van der Waals surface area contributed by atoms with Crippen molar-refractivity contribution in [3.63, 3.8) is 0 Å². The third-order valence-electron chi connectivity index (χ3n) is 6.07. The summed E-state index contributed by atoms with van der Waals surface area (Å²) in [7, 11) is 3.56. The second-order valence-corrected chi connectivity index (χ2v) is 8.38. The SMILES string of the molecule is COc1cc2ncnc(Nc3cccc(Cl)c3F)c2cc1OC(=O)N1C[C@@H]2C[C@H]1CN2C. The minimum atomic E-state index is -0.588. The predicted molar refractivity (Wildman–Crippen MR) is 118 cm³/mol. The Morgan fingerprint density at radius 3 is 2.78 bits per heavy atom. The molecule has 2 aromatic carbocycles. The molecule has 1 aromatic heterocycles. The lowest BCUT2D eigenvalue weighted by Gasteiger charge is -2.31. The number of rotatable bonds is 4. The zero-order valence-corrected chi connectivity index (χ0v) is 18.3. The highest BCUT2D eigenvalue weighted by molar-refractivity contribution is 6.31. The second kappa shape index (κ2) is 8.07. The van der Waals surface area contributed by atoms with Crippen LogP contribution in [-0.2, 0) is 0 Å². The molecular formula is C22H21ClFN5O3. The molecule has 0 unspecified atom stereocenters. The number of hydrogen-bond donors (Lipinski definition) is 1. The third kappa shape index (κ3) is 3.57. The number of nitrogens with one attached hydrogen (secondary N) is 1. The van der Waals surface area contributed by atoms with Gasteiger partial charge in [-0.3, -0.25) is 4.90 Å². The van der Waals surface area contributed by atoms with E-state index >= 15 is 0 Å². The molecule has 2 aliphatic heterocycles. The lowest BCUT2D eigenvalue weighted by atomic mass is 10.2. The van der Waals surface area contributed by atoms with Gasteiger partial charge in [0.25, 0.3) is 0 Å². The van der Waals surface area contributed by atoms with Crippen molar-refractivity contribution in [1.82, 2.24) is 19.8 Å². The zero-order valence-electron chi connectivity index (χ0n) is 17.5. The van der Waals surface area contributed by atoms with E-state index in [2.05, 4.69) is 27.2 Å². The number of benzene rings is 2. The largest absolute Gasteiger partial charge is 0.493 e. The van der Waals surface area contributed by atoms with Crippen LogP contribution in [0.15, 0.2) is 36.7 Å². The number of fused-ring (bicyclic) bond motifs is 3. The fraction of sp³-hybridized carbons (Fsp3) is 0.318. The van der Waals surface area contributed by atoms with Gasteiger partial charge in [-0.15, -0.1) is 0 Å². The number of nitrogens with zero attached hydrogens (tertiary/aromatic N) is 4. The predicted octanol–water partition coefficient (Wildman–Crippen LogP) is 4.06. The van der Waals surface area contributed by atoms with Gasteiger partial charge in [-0.2, -0.15) is 0 Å². The molecule has 166 valence electrons. The number of halogens is 2. The van der Waals surface area contributed by atoms with E-state index in [0.29, 0.717) is 35.1 Å². The highest BCUT2D eigenvalue weighted by Crippen LogP contribution is 2.37. The molecule has 2 atom stereocenters. The van der Waals surface area contributed by atoms with Crippen LogP contribution in [0.25, 0.3) is 10.9 Å². The Labute approximate surface area is 188 Å². The van der Waals surface area contributed by atoms with Gasteiger partial charge in [0.05, 0.1) is 23.3 Å². The summed E-state index contributed by atoms with van der Waals surface area (Å²) in [5, 5.41) is 3.48. The van der Waals surface area contributed by atoms with Gasteiger partial charge in [0, 0.05) is 36.6 Å². The summed E-state index contributed by atoms with van der Waals surface area (Å²) in [6, 6.07) is 8.44. The van der Waals surface area contributed by atoms with Gasteiger partial charge in [0.1, 0.15) is 12.1 Å². The van der Waals surface area contributed by atoms with E-state index in [1.165, 1.54) is 19.5 Å². The van der Waals surface area contributed by atoms with E-state index in [1.807, 2.05) is 0 Å². The molecule has 32 heavy (non-hydrogen) atoms. The number of amides is 1. The molecule has 0 saturated carbocycles. The van der Waals surface area contributed by atoms with Crippen molar-refractivity contribution in [3.8, 4) is 11.5 Å².